The lowest BCUT2D eigenvalue weighted by atomic mass is 10.1. The minimum atomic E-state index is -1.16. The molecule has 4 nitrogen and oxygen atoms in total. The highest BCUT2D eigenvalue weighted by atomic mass is 16.4. The first-order valence-corrected chi connectivity index (χ1v) is 6.02. The summed E-state index contributed by atoms with van der Waals surface area (Å²) >= 11 is 0. The van der Waals surface area contributed by atoms with E-state index < -0.39 is 11.4 Å². The van der Waals surface area contributed by atoms with Crippen LogP contribution in [0.25, 0.3) is 10.9 Å². The number of fused-ring (bicyclic) bond motifs is 1. The van der Waals surface area contributed by atoms with Crippen molar-refractivity contribution in [2.45, 2.75) is 19.4 Å². The zero-order valence-electron chi connectivity index (χ0n) is 9.80. The van der Waals surface area contributed by atoms with Gasteiger partial charge >= 0.3 is 5.97 Å². The molecule has 1 heterocycles. The number of hydrogen-bond acceptors (Lipinski definition) is 2. The molecule has 1 saturated carbocycles. The molecule has 0 atom stereocenters. The number of hydrogen-bond donors (Lipinski definition) is 1. The second kappa shape index (κ2) is 3.98. The van der Waals surface area contributed by atoms with Crippen molar-refractivity contribution < 1.29 is 9.90 Å². The van der Waals surface area contributed by atoms with Crippen LogP contribution in [0.2, 0.25) is 0 Å². The van der Waals surface area contributed by atoms with E-state index in [4.69, 9.17) is 5.11 Å². The lowest BCUT2D eigenvalue weighted by Gasteiger charge is -2.11. The second-order valence-corrected chi connectivity index (χ2v) is 4.79. The predicted octanol–water partition coefficient (Wildman–Crippen LogP) is 2.11. The summed E-state index contributed by atoms with van der Waals surface area (Å²) in [5.74, 6) is -0.534. The maximum atomic E-state index is 12.0. The average Bonchev–Trinajstić information content (AvgIpc) is 3.16. The summed E-state index contributed by atoms with van der Waals surface area (Å²) in [5.41, 5.74) is 0.277. The number of nitrogens with zero attached hydrogens (tertiary/aromatic N) is 1. The van der Waals surface area contributed by atoms with Gasteiger partial charge in [-0.3, -0.25) is 4.79 Å². The van der Waals surface area contributed by atoms with Gasteiger partial charge in [-0.15, -0.1) is 0 Å². The van der Waals surface area contributed by atoms with Gasteiger partial charge in [-0.1, -0.05) is 12.1 Å². The Bertz CT molecular complexity index is 683. The van der Waals surface area contributed by atoms with E-state index in [0.29, 0.717) is 11.3 Å². The smallest absolute Gasteiger partial charge is 0.341 e. The standard InChI is InChI=1S/C14H13NO3/c16-13-10-3-1-2-4-12(10)15(7-9-5-6-9)8-11(13)14(17)18/h1-4,8-9H,5-7H2,(H,17,18). The largest absolute Gasteiger partial charge is 0.477 e. The van der Waals surface area contributed by atoms with E-state index >= 15 is 0 Å². The van der Waals surface area contributed by atoms with Crippen molar-refractivity contribution in [3.05, 3.63) is 46.2 Å². The first-order chi connectivity index (χ1) is 8.66. The Morgan fingerprint density at radius 3 is 2.72 bits per heavy atom. The minimum absolute atomic E-state index is 0.144. The average molecular weight is 243 g/mol. The van der Waals surface area contributed by atoms with Gasteiger partial charge < -0.3 is 9.67 Å². The number of aromatic carboxylic acids is 1. The summed E-state index contributed by atoms with van der Waals surface area (Å²) in [6.07, 6.45) is 3.84. The van der Waals surface area contributed by atoms with Crippen molar-refractivity contribution in [3.63, 3.8) is 0 Å². The molecule has 92 valence electrons. The molecule has 0 spiro atoms. The van der Waals surface area contributed by atoms with Gasteiger partial charge in [0, 0.05) is 18.1 Å². The van der Waals surface area contributed by atoms with Gasteiger partial charge in [-0.05, 0) is 30.9 Å². The third-order valence-corrected chi connectivity index (χ3v) is 3.37. The minimum Gasteiger partial charge on any atom is -0.477 e. The Morgan fingerprint density at radius 2 is 2.06 bits per heavy atom. The van der Waals surface area contributed by atoms with Crippen molar-refractivity contribution in [1.82, 2.24) is 4.57 Å². The van der Waals surface area contributed by atoms with Gasteiger partial charge in [0.2, 0.25) is 5.43 Å². The number of carboxylic acid groups (broad SMARTS) is 1. The van der Waals surface area contributed by atoms with Gasteiger partial charge in [0.25, 0.3) is 0 Å². The normalized spacial score (nSPS) is 14.9. The van der Waals surface area contributed by atoms with Crippen LogP contribution in [0, 0.1) is 5.92 Å². The summed E-state index contributed by atoms with van der Waals surface area (Å²) in [6, 6.07) is 7.18. The van der Waals surface area contributed by atoms with E-state index in [1.807, 2.05) is 16.7 Å². The van der Waals surface area contributed by atoms with E-state index in [2.05, 4.69) is 0 Å². The number of carboxylic acids is 1. The van der Waals surface area contributed by atoms with Crippen LogP contribution in [0.5, 0.6) is 0 Å². The first kappa shape index (κ1) is 11.0. The molecule has 18 heavy (non-hydrogen) atoms. The van der Waals surface area contributed by atoms with E-state index in [0.717, 1.165) is 12.1 Å². The Morgan fingerprint density at radius 1 is 1.33 bits per heavy atom. The SMILES string of the molecule is O=C(O)c1cn(CC2CC2)c2ccccc2c1=O. The summed E-state index contributed by atoms with van der Waals surface area (Å²) in [5, 5.41) is 9.57. The number of pyridine rings is 1. The van der Waals surface area contributed by atoms with E-state index in [1.165, 1.54) is 19.0 Å². The van der Waals surface area contributed by atoms with Crippen molar-refractivity contribution >= 4 is 16.9 Å². The molecule has 1 aliphatic carbocycles. The molecule has 1 N–H and O–H groups in total. The molecule has 4 heteroatoms. The Labute approximate surface area is 103 Å². The number of benzene rings is 1. The molecule has 1 aliphatic rings. The van der Waals surface area contributed by atoms with Crippen LogP contribution >= 0.6 is 0 Å². The number of carbonyl (C=O) groups is 1. The highest BCUT2D eigenvalue weighted by Crippen LogP contribution is 2.31. The first-order valence-electron chi connectivity index (χ1n) is 6.02. The molecule has 3 rings (SSSR count). The van der Waals surface area contributed by atoms with Crippen LogP contribution in [0.4, 0.5) is 0 Å². The zero-order chi connectivity index (χ0) is 12.7. The molecule has 0 amide bonds. The molecule has 1 aromatic heterocycles. The maximum absolute atomic E-state index is 12.0. The van der Waals surface area contributed by atoms with E-state index in [9.17, 15) is 9.59 Å². The topological polar surface area (TPSA) is 59.3 Å². The number of aromatic nitrogens is 1. The van der Waals surface area contributed by atoms with Crippen molar-refractivity contribution in [3.8, 4) is 0 Å². The van der Waals surface area contributed by atoms with Gasteiger partial charge in [0.1, 0.15) is 5.56 Å². The predicted molar refractivity (Wildman–Crippen MR) is 67.9 cm³/mol. The Balaban J connectivity index is 2.28. The lowest BCUT2D eigenvalue weighted by Crippen LogP contribution is -2.19. The molecule has 1 fully saturated rings. The summed E-state index contributed by atoms with van der Waals surface area (Å²) in [4.78, 5) is 23.1. The van der Waals surface area contributed by atoms with Crippen LogP contribution in [0.15, 0.2) is 35.3 Å². The summed E-state index contributed by atoms with van der Waals surface area (Å²) in [6.45, 7) is 0.793. The van der Waals surface area contributed by atoms with E-state index in [1.54, 1.807) is 12.1 Å². The third kappa shape index (κ3) is 1.79. The Kier molecular flexibility index (Phi) is 2.44. The number of rotatable bonds is 3. The fourth-order valence-electron chi connectivity index (χ4n) is 2.23. The van der Waals surface area contributed by atoms with Gasteiger partial charge in [-0.25, -0.2) is 4.79 Å². The maximum Gasteiger partial charge on any atom is 0.341 e. The van der Waals surface area contributed by atoms with Crippen LogP contribution in [-0.4, -0.2) is 15.6 Å². The molecule has 0 radical (unpaired) electrons. The highest BCUT2D eigenvalue weighted by Gasteiger charge is 2.23. The van der Waals surface area contributed by atoms with Crippen LogP contribution in [-0.2, 0) is 6.54 Å². The summed E-state index contributed by atoms with van der Waals surface area (Å²) in [7, 11) is 0. The van der Waals surface area contributed by atoms with Gasteiger partial charge in [0.15, 0.2) is 0 Å². The Hall–Kier alpha value is -2.10. The number of para-hydroxylation sites is 1. The molecule has 2 aromatic rings. The third-order valence-electron chi connectivity index (χ3n) is 3.37. The molecule has 0 saturated heterocycles. The fourth-order valence-corrected chi connectivity index (χ4v) is 2.23. The monoisotopic (exact) mass is 243 g/mol. The van der Waals surface area contributed by atoms with Crippen LogP contribution in [0.3, 0.4) is 0 Å². The fraction of sp³-hybridized carbons (Fsp3) is 0.286. The van der Waals surface area contributed by atoms with Gasteiger partial charge in [0.05, 0.1) is 5.52 Å². The van der Waals surface area contributed by atoms with E-state index in [-0.39, 0.29) is 5.56 Å². The summed E-state index contributed by atoms with van der Waals surface area (Å²) < 4.78 is 1.90. The molecular weight excluding hydrogens is 230 g/mol. The van der Waals surface area contributed by atoms with Gasteiger partial charge in [-0.2, -0.15) is 0 Å². The molecular formula is C14H13NO3. The molecule has 0 bridgehead atoms. The van der Waals surface area contributed by atoms with Crippen molar-refractivity contribution in [1.29, 1.82) is 0 Å². The molecule has 1 aromatic carbocycles. The molecule has 0 unspecified atom stereocenters. The zero-order valence-corrected chi connectivity index (χ0v) is 9.80. The van der Waals surface area contributed by atoms with Crippen LogP contribution in [0.1, 0.15) is 23.2 Å². The quantitative estimate of drug-likeness (QED) is 0.898. The van der Waals surface area contributed by atoms with Crippen molar-refractivity contribution in [2.75, 3.05) is 0 Å². The lowest BCUT2D eigenvalue weighted by molar-refractivity contribution is 0.0695. The van der Waals surface area contributed by atoms with Crippen LogP contribution < -0.4 is 5.43 Å². The van der Waals surface area contributed by atoms with Crippen molar-refractivity contribution in [2.24, 2.45) is 5.92 Å². The second-order valence-electron chi connectivity index (χ2n) is 4.79. The molecule has 0 aliphatic heterocycles. The highest BCUT2D eigenvalue weighted by molar-refractivity contribution is 5.92.